The van der Waals surface area contributed by atoms with Crippen molar-refractivity contribution in [3.8, 4) is 11.5 Å². The molecule has 0 radical (unpaired) electrons. The number of anilines is 1. The number of ether oxygens (including phenoxy) is 2. The van der Waals surface area contributed by atoms with E-state index < -0.39 is 28.5 Å². The third-order valence-electron chi connectivity index (χ3n) is 6.62. The first-order chi connectivity index (χ1) is 19.3. The Morgan fingerprint density at radius 2 is 1.57 bits per heavy atom. The van der Waals surface area contributed by atoms with Gasteiger partial charge < -0.3 is 19.7 Å². The average Bonchev–Trinajstić information content (AvgIpc) is 2.99. The highest BCUT2D eigenvalue weighted by Gasteiger charge is 2.33. The number of rotatable bonds is 12. The molecule has 3 aromatic rings. The average molecular weight is 566 g/mol. The van der Waals surface area contributed by atoms with E-state index in [1.807, 2.05) is 37.3 Å². The first kappa shape index (κ1) is 28.9. The number of carbonyl (C=O) groups is 2. The quantitative estimate of drug-likeness (QED) is 0.333. The van der Waals surface area contributed by atoms with Gasteiger partial charge in [0.1, 0.15) is 25.8 Å². The molecule has 1 N–H and O–H groups in total. The fourth-order valence-corrected chi connectivity index (χ4v) is 5.76. The summed E-state index contributed by atoms with van der Waals surface area (Å²) in [7, 11) is -4.16. The van der Waals surface area contributed by atoms with Crippen LogP contribution in [0.4, 0.5) is 5.69 Å². The molecule has 0 aliphatic carbocycles. The molecule has 0 bridgehead atoms. The number of nitrogens with one attached hydrogen (secondary N) is 1. The van der Waals surface area contributed by atoms with Crippen molar-refractivity contribution in [1.29, 1.82) is 0 Å². The third kappa shape index (κ3) is 6.93. The van der Waals surface area contributed by atoms with Crippen molar-refractivity contribution in [3.63, 3.8) is 0 Å². The van der Waals surface area contributed by atoms with Gasteiger partial charge in [-0.25, -0.2) is 8.42 Å². The van der Waals surface area contributed by atoms with Crippen LogP contribution in [0.5, 0.6) is 11.5 Å². The Hall–Kier alpha value is -4.05. The molecule has 10 heteroatoms. The van der Waals surface area contributed by atoms with Crippen LogP contribution in [0.2, 0.25) is 0 Å². The molecule has 0 saturated heterocycles. The predicted molar refractivity (Wildman–Crippen MR) is 153 cm³/mol. The Balaban J connectivity index is 1.69. The minimum atomic E-state index is -4.16. The van der Waals surface area contributed by atoms with Gasteiger partial charge in [-0.15, -0.1) is 0 Å². The maximum atomic E-state index is 14.0. The number of amides is 2. The summed E-state index contributed by atoms with van der Waals surface area (Å²) in [5.41, 5.74) is 1.07. The lowest BCUT2D eigenvalue weighted by molar-refractivity contribution is -0.139. The summed E-state index contributed by atoms with van der Waals surface area (Å²) in [6.07, 6.45) is 1.74. The molecular weight excluding hydrogens is 530 g/mol. The molecule has 212 valence electrons. The zero-order valence-electron chi connectivity index (χ0n) is 22.8. The zero-order valence-corrected chi connectivity index (χ0v) is 23.6. The highest BCUT2D eigenvalue weighted by atomic mass is 32.2. The lowest BCUT2D eigenvalue weighted by Gasteiger charge is -2.32. The van der Waals surface area contributed by atoms with Crippen molar-refractivity contribution in [1.82, 2.24) is 10.2 Å². The van der Waals surface area contributed by atoms with Crippen LogP contribution in [-0.4, -0.2) is 57.5 Å². The minimum absolute atomic E-state index is 0.0395. The van der Waals surface area contributed by atoms with E-state index >= 15 is 0 Å². The molecule has 1 aliphatic rings. The number of fused-ring (bicyclic) bond motifs is 1. The SMILES string of the molecule is CCCCNC(=O)C(C)N(Cc1ccccc1)C(=O)CN(c1ccc2c(c1)OCCO2)S(=O)(=O)c1ccccc1. The van der Waals surface area contributed by atoms with Gasteiger partial charge in [0.25, 0.3) is 10.0 Å². The molecule has 1 atom stereocenters. The van der Waals surface area contributed by atoms with E-state index in [0.29, 0.717) is 31.3 Å². The highest BCUT2D eigenvalue weighted by molar-refractivity contribution is 7.92. The predicted octanol–water partition coefficient (Wildman–Crippen LogP) is 3.99. The molecule has 4 rings (SSSR count). The molecule has 1 unspecified atom stereocenters. The van der Waals surface area contributed by atoms with Gasteiger partial charge in [0.2, 0.25) is 11.8 Å². The number of hydrogen-bond acceptors (Lipinski definition) is 6. The van der Waals surface area contributed by atoms with Crippen molar-refractivity contribution in [2.24, 2.45) is 0 Å². The Bertz CT molecular complexity index is 1400. The van der Waals surface area contributed by atoms with Gasteiger partial charge in [-0.2, -0.15) is 0 Å². The molecule has 1 aliphatic heterocycles. The number of nitrogens with zero attached hydrogens (tertiary/aromatic N) is 2. The molecule has 0 aromatic heterocycles. The lowest BCUT2D eigenvalue weighted by atomic mass is 10.1. The summed E-state index contributed by atoms with van der Waals surface area (Å²) in [4.78, 5) is 28.4. The largest absolute Gasteiger partial charge is 0.486 e. The van der Waals surface area contributed by atoms with Crippen molar-refractivity contribution in [2.45, 2.75) is 44.2 Å². The van der Waals surface area contributed by atoms with Crippen LogP contribution in [0.15, 0.2) is 83.8 Å². The van der Waals surface area contributed by atoms with Crippen molar-refractivity contribution < 1.29 is 27.5 Å². The Labute approximate surface area is 235 Å². The second kappa shape index (κ2) is 13.3. The number of sulfonamides is 1. The molecular formula is C30H35N3O6S. The summed E-state index contributed by atoms with van der Waals surface area (Å²) in [6, 6.07) is 21.2. The molecule has 3 aromatic carbocycles. The van der Waals surface area contributed by atoms with E-state index in [4.69, 9.17) is 9.47 Å². The van der Waals surface area contributed by atoms with E-state index in [2.05, 4.69) is 5.32 Å². The van der Waals surface area contributed by atoms with Gasteiger partial charge in [0, 0.05) is 19.2 Å². The maximum Gasteiger partial charge on any atom is 0.264 e. The van der Waals surface area contributed by atoms with Crippen LogP contribution in [0, 0.1) is 0 Å². The van der Waals surface area contributed by atoms with Gasteiger partial charge in [-0.3, -0.25) is 13.9 Å². The van der Waals surface area contributed by atoms with Crippen LogP contribution in [0.1, 0.15) is 32.3 Å². The van der Waals surface area contributed by atoms with Crippen LogP contribution in [0.3, 0.4) is 0 Å². The van der Waals surface area contributed by atoms with Gasteiger partial charge in [-0.1, -0.05) is 61.9 Å². The van der Waals surface area contributed by atoms with Crippen LogP contribution in [-0.2, 0) is 26.2 Å². The van der Waals surface area contributed by atoms with E-state index in [0.717, 1.165) is 22.7 Å². The molecule has 40 heavy (non-hydrogen) atoms. The first-order valence-corrected chi connectivity index (χ1v) is 14.8. The molecule has 0 spiro atoms. The Kier molecular flexibility index (Phi) is 9.65. The van der Waals surface area contributed by atoms with Crippen molar-refractivity contribution in [2.75, 3.05) is 30.6 Å². The van der Waals surface area contributed by atoms with Crippen molar-refractivity contribution >= 4 is 27.5 Å². The Morgan fingerprint density at radius 3 is 2.25 bits per heavy atom. The minimum Gasteiger partial charge on any atom is -0.486 e. The van der Waals surface area contributed by atoms with E-state index in [9.17, 15) is 18.0 Å². The van der Waals surface area contributed by atoms with E-state index in [-0.39, 0.29) is 23.0 Å². The first-order valence-electron chi connectivity index (χ1n) is 13.4. The number of benzene rings is 3. The number of unbranched alkanes of at least 4 members (excludes halogenated alkanes) is 1. The second-order valence-electron chi connectivity index (χ2n) is 9.48. The fraction of sp³-hybridized carbons (Fsp3) is 0.333. The number of hydrogen-bond donors (Lipinski definition) is 1. The number of carbonyl (C=O) groups excluding carboxylic acids is 2. The summed E-state index contributed by atoms with van der Waals surface area (Å²) >= 11 is 0. The smallest absolute Gasteiger partial charge is 0.264 e. The van der Waals surface area contributed by atoms with Crippen LogP contribution >= 0.6 is 0 Å². The molecule has 1 heterocycles. The van der Waals surface area contributed by atoms with Gasteiger partial charge in [0.05, 0.1) is 10.6 Å². The highest BCUT2D eigenvalue weighted by Crippen LogP contribution is 2.36. The lowest BCUT2D eigenvalue weighted by Crippen LogP contribution is -2.51. The normalized spacial score (nSPS) is 13.2. The standard InChI is InChI=1S/C30H35N3O6S/c1-3-4-17-31-30(35)23(2)32(21-24-11-7-5-8-12-24)29(34)22-33(40(36,37)26-13-9-6-10-14-26)25-15-16-27-28(20-25)39-19-18-38-27/h5-16,20,23H,3-4,17-19,21-22H2,1-2H3,(H,31,35). The fourth-order valence-electron chi connectivity index (χ4n) is 4.33. The molecule has 0 saturated carbocycles. The van der Waals surface area contributed by atoms with Gasteiger partial charge >= 0.3 is 0 Å². The van der Waals surface area contributed by atoms with Crippen molar-refractivity contribution in [3.05, 3.63) is 84.4 Å². The van der Waals surface area contributed by atoms with E-state index in [1.54, 1.807) is 43.3 Å². The molecule has 9 nitrogen and oxygen atoms in total. The third-order valence-corrected chi connectivity index (χ3v) is 8.40. The summed E-state index contributed by atoms with van der Waals surface area (Å²) < 4.78 is 40.1. The zero-order chi connectivity index (χ0) is 28.5. The monoisotopic (exact) mass is 565 g/mol. The van der Waals surface area contributed by atoms with Crippen LogP contribution in [0.25, 0.3) is 0 Å². The molecule has 2 amide bonds. The summed E-state index contributed by atoms with van der Waals surface area (Å²) in [5, 5.41) is 2.88. The van der Waals surface area contributed by atoms with Gasteiger partial charge in [0.15, 0.2) is 11.5 Å². The summed E-state index contributed by atoms with van der Waals surface area (Å²) in [5.74, 6) is 0.0849. The maximum absolute atomic E-state index is 14.0. The van der Waals surface area contributed by atoms with E-state index in [1.165, 1.54) is 17.0 Å². The molecule has 0 fully saturated rings. The van der Waals surface area contributed by atoms with Crippen LogP contribution < -0.4 is 19.1 Å². The topological polar surface area (TPSA) is 105 Å². The van der Waals surface area contributed by atoms with Gasteiger partial charge in [-0.05, 0) is 43.2 Å². The Morgan fingerprint density at radius 1 is 0.925 bits per heavy atom. The summed E-state index contributed by atoms with van der Waals surface area (Å²) in [6.45, 7) is 4.53. The second-order valence-corrected chi connectivity index (χ2v) is 11.3.